The second-order valence-corrected chi connectivity index (χ2v) is 7.95. The highest BCUT2D eigenvalue weighted by Gasteiger charge is 2.36. The number of aliphatic hydroxyl groups is 1. The third kappa shape index (κ3) is 3.62. The van der Waals surface area contributed by atoms with Crippen molar-refractivity contribution in [3.05, 3.63) is 16.4 Å². The van der Waals surface area contributed by atoms with Crippen LogP contribution < -0.4 is 0 Å². The molecule has 0 radical (unpaired) electrons. The van der Waals surface area contributed by atoms with E-state index in [9.17, 15) is 5.11 Å². The van der Waals surface area contributed by atoms with Gasteiger partial charge in [-0.05, 0) is 56.8 Å². The van der Waals surface area contributed by atoms with Crippen LogP contribution >= 0.6 is 11.6 Å². The molecule has 0 saturated heterocycles. The fourth-order valence-corrected chi connectivity index (χ4v) is 3.78. The summed E-state index contributed by atoms with van der Waals surface area (Å²) >= 11 is 6.42. The van der Waals surface area contributed by atoms with Crippen LogP contribution in [0.5, 0.6) is 0 Å². The van der Waals surface area contributed by atoms with Gasteiger partial charge in [0.15, 0.2) is 0 Å². The van der Waals surface area contributed by atoms with Gasteiger partial charge in [0.1, 0.15) is 0 Å². The molecule has 3 atom stereocenters. The van der Waals surface area contributed by atoms with Crippen LogP contribution in [-0.2, 0) is 13.0 Å². The molecule has 0 amide bonds. The maximum atomic E-state index is 10.4. The number of aryl methyl sites for hydroxylation is 2. The maximum Gasteiger partial charge on any atom is 0.0847 e. The zero-order chi connectivity index (χ0) is 15.8. The molecule has 0 aliphatic heterocycles. The molecule has 1 N–H and O–H groups in total. The molecule has 21 heavy (non-hydrogen) atoms. The normalized spacial score (nSPS) is 27.1. The van der Waals surface area contributed by atoms with Crippen LogP contribution in [0.4, 0.5) is 0 Å². The highest BCUT2D eigenvalue weighted by Crippen LogP contribution is 2.42. The molecular formula is C17H29ClN2O. The van der Waals surface area contributed by atoms with E-state index in [4.69, 9.17) is 11.6 Å². The van der Waals surface area contributed by atoms with E-state index in [0.29, 0.717) is 17.3 Å². The van der Waals surface area contributed by atoms with Gasteiger partial charge >= 0.3 is 0 Å². The highest BCUT2D eigenvalue weighted by atomic mass is 35.5. The van der Waals surface area contributed by atoms with E-state index >= 15 is 0 Å². The Bertz CT molecular complexity index is 490. The summed E-state index contributed by atoms with van der Waals surface area (Å²) < 4.78 is 1.99. The standard InChI is InChI=1S/C17H29ClN2O/c1-6-20-14(16(18)11(2)19-20)10-12-9-13(17(3,4)5)7-8-15(12)21/h12-13,15,21H,6-10H2,1-5H3. The minimum absolute atomic E-state index is 0.208. The van der Waals surface area contributed by atoms with Crippen molar-refractivity contribution < 1.29 is 5.11 Å². The van der Waals surface area contributed by atoms with Crippen LogP contribution in [0.25, 0.3) is 0 Å². The number of halogens is 1. The zero-order valence-electron chi connectivity index (χ0n) is 14.0. The largest absolute Gasteiger partial charge is 0.393 e. The molecule has 1 saturated carbocycles. The van der Waals surface area contributed by atoms with Gasteiger partial charge in [-0.25, -0.2) is 0 Å². The summed E-state index contributed by atoms with van der Waals surface area (Å²) in [6.07, 6.45) is 3.74. The van der Waals surface area contributed by atoms with Crippen LogP contribution in [0.2, 0.25) is 5.02 Å². The molecule has 0 bridgehead atoms. The van der Waals surface area contributed by atoms with Gasteiger partial charge in [-0.3, -0.25) is 4.68 Å². The predicted molar refractivity (Wildman–Crippen MR) is 87.6 cm³/mol. The van der Waals surface area contributed by atoms with Crippen molar-refractivity contribution in [2.45, 2.75) is 73.0 Å². The van der Waals surface area contributed by atoms with E-state index in [1.807, 2.05) is 11.6 Å². The third-order valence-electron chi connectivity index (χ3n) is 5.08. The smallest absolute Gasteiger partial charge is 0.0847 e. The Hall–Kier alpha value is -0.540. The fraction of sp³-hybridized carbons (Fsp3) is 0.824. The topological polar surface area (TPSA) is 38.0 Å². The SMILES string of the molecule is CCn1nc(C)c(Cl)c1CC1CC(C(C)(C)C)CCC1O. The molecule has 1 aliphatic carbocycles. The van der Waals surface area contributed by atoms with Crippen molar-refractivity contribution in [2.24, 2.45) is 17.3 Å². The molecule has 2 rings (SSSR count). The lowest BCUT2D eigenvalue weighted by Gasteiger charge is -2.40. The van der Waals surface area contributed by atoms with Gasteiger partial charge in [0, 0.05) is 6.54 Å². The Kier molecular flexibility index (Phi) is 5.04. The molecule has 0 spiro atoms. The number of aromatic nitrogens is 2. The Balaban J connectivity index is 2.17. The predicted octanol–water partition coefficient (Wildman–Crippen LogP) is 4.23. The molecule has 1 aromatic heterocycles. The first-order valence-electron chi connectivity index (χ1n) is 8.13. The molecule has 1 aromatic rings. The summed E-state index contributed by atoms with van der Waals surface area (Å²) in [4.78, 5) is 0. The molecule has 3 unspecified atom stereocenters. The summed E-state index contributed by atoms with van der Waals surface area (Å²) in [5.41, 5.74) is 2.30. The van der Waals surface area contributed by atoms with E-state index in [2.05, 4.69) is 32.8 Å². The van der Waals surface area contributed by atoms with Crippen LogP contribution in [0.3, 0.4) is 0 Å². The number of aliphatic hydroxyl groups excluding tert-OH is 1. The van der Waals surface area contributed by atoms with Gasteiger partial charge in [-0.15, -0.1) is 0 Å². The minimum atomic E-state index is -0.208. The summed E-state index contributed by atoms with van der Waals surface area (Å²) in [6.45, 7) is 11.8. The maximum absolute atomic E-state index is 10.4. The molecular weight excluding hydrogens is 284 g/mol. The quantitative estimate of drug-likeness (QED) is 0.907. The van der Waals surface area contributed by atoms with E-state index in [1.165, 1.54) is 0 Å². The number of hydrogen-bond donors (Lipinski definition) is 1. The molecule has 4 heteroatoms. The Morgan fingerprint density at radius 2 is 2.00 bits per heavy atom. The Morgan fingerprint density at radius 1 is 1.33 bits per heavy atom. The van der Waals surface area contributed by atoms with Gasteiger partial charge < -0.3 is 5.11 Å². The van der Waals surface area contributed by atoms with Crippen molar-refractivity contribution in [3.8, 4) is 0 Å². The molecule has 1 heterocycles. The number of nitrogens with zero attached hydrogens (tertiary/aromatic N) is 2. The molecule has 1 fully saturated rings. The molecule has 1 aliphatic rings. The van der Waals surface area contributed by atoms with Gasteiger partial charge in [-0.1, -0.05) is 32.4 Å². The lowest BCUT2D eigenvalue weighted by atomic mass is 9.67. The van der Waals surface area contributed by atoms with Crippen molar-refractivity contribution in [1.29, 1.82) is 0 Å². The number of hydrogen-bond acceptors (Lipinski definition) is 2. The highest BCUT2D eigenvalue weighted by molar-refractivity contribution is 6.31. The van der Waals surface area contributed by atoms with Crippen molar-refractivity contribution in [3.63, 3.8) is 0 Å². The zero-order valence-corrected chi connectivity index (χ0v) is 14.7. The van der Waals surface area contributed by atoms with Crippen LogP contribution in [0.1, 0.15) is 58.3 Å². The molecule has 120 valence electrons. The first-order chi connectivity index (χ1) is 9.74. The van der Waals surface area contributed by atoms with E-state index in [-0.39, 0.29) is 6.10 Å². The minimum Gasteiger partial charge on any atom is -0.393 e. The lowest BCUT2D eigenvalue weighted by Crippen LogP contribution is -2.36. The van der Waals surface area contributed by atoms with Crippen LogP contribution in [0, 0.1) is 24.2 Å². The van der Waals surface area contributed by atoms with Crippen molar-refractivity contribution in [1.82, 2.24) is 9.78 Å². The Labute approximate surface area is 133 Å². The summed E-state index contributed by atoms with van der Waals surface area (Å²) in [7, 11) is 0. The average Bonchev–Trinajstić information content (AvgIpc) is 2.67. The second-order valence-electron chi connectivity index (χ2n) is 7.57. The summed E-state index contributed by atoms with van der Waals surface area (Å²) in [5.74, 6) is 0.964. The van der Waals surface area contributed by atoms with Crippen LogP contribution in [-0.4, -0.2) is 21.0 Å². The fourth-order valence-electron chi connectivity index (χ4n) is 3.57. The van der Waals surface area contributed by atoms with Crippen LogP contribution in [0.15, 0.2) is 0 Å². The number of rotatable bonds is 3. The molecule has 3 nitrogen and oxygen atoms in total. The first kappa shape index (κ1) is 16.8. The average molecular weight is 313 g/mol. The lowest BCUT2D eigenvalue weighted by molar-refractivity contribution is 0.0188. The summed E-state index contributed by atoms with van der Waals surface area (Å²) in [6, 6.07) is 0. The monoisotopic (exact) mass is 312 g/mol. The van der Waals surface area contributed by atoms with Gasteiger partial charge in [0.25, 0.3) is 0 Å². The van der Waals surface area contributed by atoms with E-state index in [0.717, 1.165) is 48.6 Å². The second kappa shape index (κ2) is 6.29. The van der Waals surface area contributed by atoms with Crippen molar-refractivity contribution in [2.75, 3.05) is 0 Å². The van der Waals surface area contributed by atoms with Gasteiger partial charge in [0.2, 0.25) is 0 Å². The third-order valence-corrected chi connectivity index (χ3v) is 5.57. The van der Waals surface area contributed by atoms with E-state index in [1.54, 1.807) is 0 Å². The van der Waals surface area contributed by atoms with E-state index < -0.39 is 0 Å². The summed E-state index contributed by atoms with van der Waals surface area (Å²) in [5, 5.41) is 15.7. The first-order valence-corrected chi connectivity index (χ1v) is 8.51. The van der Waals surface area contributed by atoms with Crippen molar-refractivity contribution >= 4 is 11.6 Å². The molecule has 0 aromatic carbocycles. The van der Waals surface area contributed by atoms with Gasteiger partial charge in [-0.2, -0.15) is 5.10 Å². The Morgan fingerprint density at radius 3 is 2.57 bits per heavy atom. The van der Waals surface area contributed by atoms with Gasteiger partial charge in [0.05, 0.1) is 22.5 Å².